The number of para-hydroxylation sites is 2. The first-order valence-corrected chi connectivity index (χ1v) is 10.5. The van der Waals surface area contributed by atoms with E-state index in [4.69, 9.17) is 9.47 Å². The molecule has 1 aromatic heterocycles. The molecule has 0 saturated carbocycles. The van der Waals surface area contributed by atoms with Crippen LogP contribution in [0.5, 0.6) is 11.5 Å². The number of amides is 3. The van der Waals surface area contributed by atoms with Crippen LogP contribution in [0.2, 0.25) is 0 Å². The Bertz CT molecular complexity index is 1240. The first-order chi connectivity index (χ1) is 16.4. The van der Waals surface area contributed by atoms with Gasteiger partial charge in [-0.05, 0) is 18.2 Å². The van der Waals surface area contributed by atoms with E-state index in [9.17, 15) is 9.59 Å². The Morgan fingerprint density at radius 2 is 1.76 bits per heavy atom. The molecule has 0 fully saturated rings. The van der Waals surface area contributed by atoms with E-state index in [2.05, 4.69) is 22.2 Å². The number of anilines is 5. The number of rotatable bonds is 7. The van der Waals surface area contributed by atoms with Crippen molar-refractivity contribution in [3.8, 4) is 11.5 Å². The number of nitrogens with one attached hydrogen (secondary N) is 2. The average Bonchev–Trinajstić information content (AvgIpc) is 2.87. The Labute approximate surface area is 197 Å². The van der Waals surface area contributed by atoms with Crippen LogP contribution in [0.15, 0.2) is 67.4 Å². The fourth-order valence-corrected chi connectivity index (χ4v) is 3.67. The molecule has 0 aliphatic carbocycles. The summed E-state index contributed by atoms with van der Waals surface area (Å²) in [5.74, 6) is 1.41. The maximum Gasteiger partial charge on any atom is 0.329 e. The molecule has 3 amide bonds. The van der Waals surface area contributed by atoms with E-state index in [1.165, 1.54) is 6.08 Å². The van der Waals surface area contributed by atoms with Crippen molar-refractivity contribution in [1.82, 2.24) is 4.98 Å². The Balaban J connectivity index is 1.62. The first kappa shape index (κ1) is 22.7. The van der Waals surface area contributed by atoms with Gasteiger partial charge < -0.3 is 20.1 Å². The zero-order chi connectivity index (χ0) is 24.2. The largest absolute Gasteiger partial charge is 0.497 e. The van der Waals surface area contributed by atoms with Crippen LogP contribution >= 0.6 is 0 Å². The molecule has 174 valence electrons. The average molecular weight is 460 g/mol. The normalized spacial score (nSPS) is 12.6. The fraction of sp³-hybridized carbons (Fsp3) is 0.160. The zero-order valence-electron chi connectivity index (χ0n) is 19.2. The Morgan fingerprint density at radius 3 is 2.41 bits per heavy atom. The number of hydrogen-bond acceptors (Lipinski definition) is 6. The van der Waals surface area contributed by atoms with E-state index in [0.29, 0.717) is 40.9 Å². The summed E-state index contributed by atoms with van der Waals surface area (Å²) >= 11 is 0. The number of carbonyl (C=O) groups excluding carboxylic acids is 2. The molecule has 2 N–H and O–H groups in total. The lowest BCUT2D eigenvalue weighted by atomic mass is 10.1. The second-order valence-electron chi connectivity index (χ2n) is 7.56. The van der Waals surface area contributed by atoms with Crippen LogP contribution in [0.25, 0.3) is 0 Å². The molecule has 2 heterocycles. The number of aromatic nitrogens is 1. The molecule has 0 bridgehead atoms. The Kier molecular flexibility index (Phi) is 6.35. The number of nitrogens with zero attached hydrogens (tertiary/aromatic N) is 3. The summed E-state index contributed by atoms with van der Waals surface area (Å²) < 4.78 is 10.7. The Morgan fingerprint density at radius 1 is 1.09 bits per heavy atom. The number of fused-ring (bicyclic) bond motifs is 1. The van der Waals surface area contributed by atoms with Gasteiger partial charge in [0.05, 0.1) is 43.5 Å². The quantitative estimate of drug-likeness (QED) is 0.504. The van der Waals surface area contributed by atoms with Gasteiger partial charge in [0.15, 0.2) is 0 Å². The van der Waals surface area contributed by atoms with E-state index in [1.54, 1.807) is 61.5 Å². The minimum absolute atomic E-state index is 0.196. The number of methoxy groups -OCH3 is 2. The third kappa shape index (κ3) is 4.49. The summed E-state index contributed by atoms with van der Waals surface area (Å²) in [5, 5.41) is 5.98. The monoisotopic (exact) mass is 459 g/mol. The molecule has 4 rings (SSSR count). The molecule has 9 heteroatoms. The van der Waals surface area contributed by atoms with E-state index < -0.39 is 0 Å². The first-order valence-electron chi connectivity index (χ1n) is 10.5. The molecular weight excluding hydrogens is 434 g/mol. The van der Waals surface area contributed by atoms with Crippen molar-refractivity contribution in [3.05, 3.63) is 72.9 Å². The van der Waals surface area contributed by atoms with Crippen LogP contribution in [-0.2, 0) is 11.3 Å². The molecule has 3 aromatic rings. The highest BCUT2D eigenvalue weighted by Gasteiger charge is 2.30. The lowest BCUT2D eigenvalue weighted by Gasteiger charge is -2.35. The van der Waals surface area contributed by atoms with Crippen molar-refractivity contribution >= 4 is 40.5 Å². The molecule has 1 aliphatic rings. The molecule has 1 aliphatic heterocycles. The van der Waals surface area contributed by atoms with Gasteiger partial charge in [0, 0.05) is 43.1 Å². The maximum atomic E-state index is 13.2. The number of carbonyl (C=O) groups is 2. The molecule has 9 nitrogen and oxygen atoms in total. The lowest BCUT2D eigenvalue weighted by molar-refractivity contribution is -0.111. The van der Waals surface area contributed by atoms with Crippen LogP contribution in [-0.4, -0.2) is 38.2 Å². The summed E-state index contributed by atoms with van der Waals surface area (Å²) in [4.78, 5) is 32.7. The highest BCUT2D eigenvalue weighted by atomic mass is 16.5. The molecule has 0 unspecified atom stereocenters. The fourth-order valence-electron chi connectivity index (χ4n) is 3.67. The molecule has 0 atom stereocenters. The van der Waals surface area contributed by atoms with Gasteiger partial charge in [0.25, 0.3) is 0 Å². The third-order valence-corrected chi connectivity index (χ3v) is 5.45. The molecule has 0 radical (unpaired) electrons. The topological polar surface area (TPSA) is 96.0 Å². The van der Waals surface area contributed by atoms with E-state index in [0.717, 1.165) is 11.3 Å². The summed E-state index contributed by atoms with van der Waals surface area (Å²) in [5.41, 5.74) is 3.53. The SMILES string of the molecule is C=CC(=O)Nc1ccccc1Nc1cc2c(cn1)CN(c1cc(OC)cc(OC)c1)C(=O)N2C. The minimum Gasteiger partial charge on any atom is -0.497 e. The number of ether oxygens (including phenoxy) is 2. The van der Waals surface area contributed by atoms with Crippen molar-refractivity contribution in [1.29, 1.82) is 0 Å². The second kappa shape index (κ2) is 9.53. The van der Waals surface area contributed by atoms with E-state index in [-0.39, 0.29) is 11.9 Å². The summed E-state index contributed by atoms with van der Waals surface area (Å²) in [6.45, 7) is 3.82. The molecule has 2 aromatic carbocycles. The van der Waals surface area contributed by atoms with Gasteiger partial charge >= 0.3 is 6.03 Å². The van der Waals surface area contributed by atoms with E-state index >= 15 is 0 Å². The summed E-state index contributed by atoms with van der Waals surface area (Å²) in [7, 11) is 4.85. The number of pyridine rings is 1. The van der Waals surface area contributed by atoms with Crippen LogP contribution in [0.3, 0.4) is 0 Å². The molecule has 0 spiro atoms. The Hall–Kier alpha value is -4.53. The van der Waals surface area contributed by atoms with Crippen LogP contribution in [0.4, 0.5) is 33.4 Å². The van der Waals surface area contributed by atoms with Crippen LogP contribution in [0.1, 0.15) is 5.56 Å². The van der Waals surface area contributed by atoms with Gasteiger partial charge in [-0.1, -0.05) is 18.7 Å². The van der Waals surface area contributed by atoms with Gasteiger partial charge in [0.2, 0.25) is 5.91 Å². The van der Waals surface area contributed by atoms with E-state index in [1.807, 2.05) is 24.3 Å². The zero-order valence-corrected chi connectivity index (χ0v) is 19.2. The van der Waals surface area contributed by atoms with Gasteiger partial charge in [-0.2, -0.15) is 0 Å². The van der Waals surface area contributed by atoms with Crippen molar-refractivity contribution in [2.24, 2.45) is 0 Å². The van der Waals surface area contributed by atoms with Gasteiger partial charge in [-0.3, -0.25) is 14.6 Å². The second-order valence-corrected chi connectivity index (χ2v) is 7.56. The number of hydrogen-bond donors (Lipinski definition) is 2. The summed E-state index contributed by atoms with van der Waals surface area (Å²) in [6, 6.07) is 14.2. The summed E-state index contributed by atoms with van der Waals surface area (Å²) in [6.07, 6.45) is 2.94. The van der Waals surface area contributed by atoms with Crippen LogP contribution < -0.4 is 29.9 Å². The third-order valence-electron chi connectivity index (χ3n) is 5.45. The predicted octanol–water partition coefficient (Wildman–Crippen LogP) is 4.54. The van der Waals surface area contributed by atoms with Crippen molar-refractivity contribution < 1.29 is 19.1 Å². The standard InChI is InChI=1S/C25H25N5O4/c1-5-24(31)28-21-9-7-6-8-20(21)27-23-13-22-16(14-26-23)15-30(25(32)29(22)2)17-10-18(33-3)12-19(11-17)34-4/h5-14H,1,15H2,2-4H3,(H,26,27)(H,28,31). The number of benzene rings is 2. The minimum atomic E-state index is -0.313. The predicted molar refractivity (Wildman–Crippen MR) is 132 cm³/mol. The highest BCUT2D eigenvalue weighted by molar-refractivity contribution is 6.06. The van der Waals surface area contributed by atoms with Crippen molar-refractivity contribution in [2.45, 2.75) is 6.54 Å². The van der Waals surface area contributed by atoms with Gasteiger partial charge in [-0.15, -0.1) is 0 Å². The molecule has 0 saturated heterocycles. The van der Waals surface area contributed by atoms with Gasteiger partial charge in [0.1, 0.15) is 17.3 Å². The lowest BCUT2D eigenvalue weighted by Crippen LogP contribution is -2.45. The van der Waals surface area contributed by atoms with Crippen molar-refractivity contribution in [3.63, 3.8) is 0 Å². The van der Waals surface area contributed by atoms with Crippen LogP contribution in [0, 0.1) is 0 Å². The van der Waals surface area contributed by atoms with Gasteiger partial charge in [-0.25, -0.2) is 9.78 Å². The number of urea groups is 1. The molecular formula is C25H25N5O4. The smallest absolute Gasteiger partial charge is 0.329 e. The van der Waals surface area contributed by atoms with Crippen molar-refractivity contribution in [2.75, 3.05) is 41.7 Å². The maximum absolute atomic E-state index is 13.2. The molecule has 34 heavy (non-hydrogen) atoms. The highest BCUT2D eigenvalue weighted by Crippen LogP contribution is 2.36.